The zero-order chi connectivity index (χ0) is 14.3. The Morgan fingerprint density at radius 1 is 1.10 bits per heavy atom. The van der Waals surface area contributed by atoms with Crippen molar-refractivity contribution in [1.29, 1.82) is 0 Å². The third-order valence-electron chi connectivity index (χ3n) is 6.55. The highest BCUT2D eigenvalue weighted by molar-refractivity contribution is 5.02. The number of rotatable bonds is 3. The fraction of sp³-hybridized carbons (Fsp3) is 1.00. The molecule has 21 heavy (non-hydrogen) atoms. The van der Waals surface area contributed by atoms with E-state index >= 15 is 0 Å². The Morgan fingerprint density at radius 2 is 1.90 bits per heavy atom. The van der Waals surface area contributed by atoms with Crippen molar-refractivity contribution in [2.24, 2.45) is 5.92 Å². The molecular weight excluding hydrogens is 260 g/mol. The van der Waals surface area contributed by atoms with Crippen LogP contribution in [0.4, 0.5) is 0 Å². The lowest BCUT2D eigenvalue weighted by Gasteiger charge is -2.43. The molecule has 0 aromatic heterocycles. The van der Waals surface area contributed by atoms with Crippen LogP contribution < -0.4 is 5.32 Å². The monoisotopic (exact) mass is 292 g/mol. The molecule has 2 atom stereocenters. The summed E-state index contributed by atoms with van der Waals surface area (Å²) in [7, 11) is 0. The largest absolute Gasteiger partial charge is 0.370 e. The molecule has 2 aliphatic heterocycles. The van der Waals surface area contributed by atoms with Crippen molar-refractivity contribution >= 4 is 0 Å². The molecule has 2 unspecified atom stereocenters. The molecule has 4 rings (SSSR count). The highest BCUT2D eigenvalue weighted by atomic mass is 16.5. The number of ether oxygens (including phenoxy) is 1. The van der Waals surface area contributed by atoms with E-state index in [1.54, 1.807) is 0 Å². The summed E-state index contributed by atoms with van der Waals surface area (Å²) in [5, 5.41) is 3.79. The molecule has 2 heterocycles. The standard InChI is InChI=1S/C18H32N2O/c1-17(15-5-6-15)14-20(12-11-19-17)13-16-7-10-18(21-16)8-3-2-4-9-18/h15-16,19H,2-14H2,1H3. The predicted octanol–water partition coefficient (Wildman–Crippen LogP) is 2.94. The van der Waals surface area contributed by atoms with Crippen molar-refractivity contribution in [1.82, 2.24) is 10.2 Å². The van der Waals surface area contributed by atoms with E-state index in [1.807, 2.05) is 0 Å². The van der Waals surface area contributed by atoms with E-state index in [1.165, 1.54) is 77.4 Å². The summed E-state index contributed by atoms with van der Waals surface area (Å²) in [6.45, 7) is 7.20. The minimum absolute atomic E-state index is 0.288. The second-order valence-electron chi connectivity index (χ2n) is 8.38. The molecule has 0 bridgehead atoms. The fourth-order valence-electron chi connectivity index (χ4n) is 5.12. The maximum atomic E-state index is 6.57. The molecule has 0 aromatic carbocycles. The Morgan fingerprint density at radius 3 is 2.67 bits per heavy atom. The van der Waals surface area contributed by atoms with Gasteiger partial charge in [-0.25, -0.2) is 0 Å². The summed E-state index contributed by atoms with van der Waals surface area (Å²) in [5.41, 5.74) is 0.663. The first-order valence-corrected chi connectivity index (χ1v) is 9.33. The first-order valence-electron chi connectivity index (χ1n) is 9.33. The molecule has 0 aromatic rings. The lowest BCUT2D eigenvalue weighted by molar-refractivity contribution is -0.0750. The normalized spacial score (nSPS) is 40.7. The Kier molecular flexibility index (Phi) is 3.79. The third kappa shape index (κ3) is 3.02. The van der Waals surface area contributed by atoms with Crippen molar-refractivity contribution in [3.8, 4) is 0 Å². The van der Waals surface area contributed by atoms with Crippen LogP contribution in [0.5, 0.6) is 0 Å². The molecule has 2 saturated heterocycles. The lowest BCUT2D eigenvalue weighted by Crippen LogP contribution is -2.60. The van der Waals surface area contributed by atoms with Crippen molar-refractivity contribution in [2.45, 2.75) is 82.0 Å². The van der Waals surface area contributed by atoms with Gasteiger partial charge in [0.25, 0.3) is 0 Å². The molecule has 0 amide bonds. The summed E-state index contributed by atoms with van der Waals surface area (Å²) >= 11 is 0. The van der Waals surface area contributed by atoms with E-state index in [2.05, 4.69) is 17.1 Å². The number of nitrogens with zero attached hydrogens (tertiary/aromatic N) is 1. The van der Waals surface area contributed by atoms with E-state index < -0.39 is 0 Å². The lowest BCUT2D eigenvalue weighted by atomic mass is 9.83. The zero-order valence-electron chi connectivity index (χ0n) is 13.7. The molecule has 2 saturated carbocycles. The van der Waals surface area contributed by atoms with Crippen LogP contribution in [0.25, 0.3) is 0 Å². The smallest absolute Gasteiger partial charge is 0.0710 e. The molecule has 4 fully saturated rings. The topological polar surface area (TPSA) is 24.5 Å². The van der Waals surface area contributed by atoms with E-state index in [4.69, 9.17) is 4.74 Å². The van der Waals surface area contributed by atoms with Gasteiger partial charge in [-0.05, 0) is 51.4 Å². The average Bonchev–Trinajstić information content (AvgIpc) is 3.27. The van der Waals surface area contributed by atoms with Gasteiger partial charge >= 0.3 is 0 Å². The molecule has 2 aliphatic carbocycles. The first kappa shape index (κ1) is 14.5. The zero-order valence-corrected chi connectivity index (χ0v) is 13.7. The summed E-state index contributed by atoms with van der Waals surface area (Å²) in [6.07, 6.45) is 12.8. The van der Waals surface area contributed by atoms with E-state index in [0.717, 1.165) is 12.5 Å². The molecule has 0 radical (unpaired) electrons. The van der Waals surface area contributed by atoms with Gasteiger partial charge in [0.1, 0.15) is 0 Å². The van der Waals surface area contributed by atoms with E-state index in [0.29, 0.717) is 11.6 Å². The summed E-state index contributed by atoms with van der Waals surface area (Å²) in [5.74, 6) is 0.925. The number of piperazine rings is 1. The van der Waals surface area contributed by atoms with Crippen LogP contribution in [0.1, 0.15) is 64.7 Å². The van der Waals surface area contributed by atoms with Gasteiger partial charge in [0.05, 0.1) is 11.7 Å². The van der Waals surface area contributed by atoms with E-state index in [-0.39, 0.29) is 5.60 Å². The second-order valence-corrected chi connectivity index (χ2v) is 8.38. The van der Waals surface area contributed by atoms with Crippen LogP contribution in [0.2, 0.25) is 0 Å². The van der Waals surface area contributed by atoms with Gasteiger partial charge in [0.2, 0.25) is 0 Å². The molecule has 3 heteroatoms. The molecular formula is C18H32N2O. The summed E-state index contributed by atoms with van der Waals surface area (Å²) < 4.78 is 6.57. The van der Waals surface area contributed by atoms with Gasteiger partial charge in [0, 0.05) is 31.7 Å². The van der Waals surface area contributed by atoms with Crippen LogP contribution in [0.3, 0.4) is 0 Å². The molecule has 3 nitrogen and oxygen atoms in total. The Hall–Kier alpha value is -0.120. The van der Waals surface area contributed by atoms with Crippen LogP contribution in [-0.2, 0) is 4.74 Å². The maximum Gasteiger partial charge on any atom is 0.0710 e. The summed E-state index contributed by atoms with van der Waals surface area (Å²) in [6, 6.07) is 0. The minimum atomic E-state index is 0.288. The van der Waals surface area contributed by atoms with Crippen LogP contribution in [0.15, 0.2) is 0 Å². The van der Waals surface area contributed by atoms with Crippen LogP contribution in [-0.4, -0.2) is 48.3 Å². The third-order valence-corrected chi connectivity index (χ3v) is 6.55. The van der Waals surface area contributed by atoms with Crippen molar-refractivity contribution in [2.75, 3.05) is 26.2 Å². The number of hydrogen-bond donors (Lipinski definition) is 1. The van der Waals surface area contributed by atoms with Gasteiger partial charge in [-0.2, -0.15) is 0 Å². The fourth-order valence-corrected chi connectivity index (χ4v) is 5.12. The Labute approximate surface area is 129 Å². The van der Waals surface area contributed by atoms with Gasteiger partial charge in [-0.3, -0.25) is 4.90 Å². The average molecular weight is 292 g/mol. The Balaban J connectivity index is 1.32. The Bertz CT molecular complexity index is 375. The van der Waals surface area contributed by atoms with Gasteiger partial charge in [0.15, 0.2) is 0 Å². The molecule has 1 N–H and O–H groups in total. The SMILES string of the molecule is CC1(C2CC2)CN(CC2CCC3(CCCCC3)O2)CCN1. The molecule has 4 aliphatic rings. The highest BCUT2D eigenvalue weighted by Gasteiger charge is 2.45. The van der Waals surface area contributed by atoms with Crippen molar-refractivity contribution in [3.63, 3.8) is 0 Å². The molecule has 120 valence electrons. The summed E-state index contributed by atoms with van der Waals surface area (Å²) in [4.78, 5) is 2.68. The predicted molar refractivity (Wildman–Crippen MR) is 85.5 cm³/mol. The quantitative estimate of drug-likeness (QED) is 0.865. The number of hydrogen-bond acceptors (Lipinski definition) is 3. The number of nitrogens with one attached hydrogen (secondary N) is 1. The van der Waals surface area contributed by atoms with Crippen molar-refractivity contribution < 1.29 is 4.74 Å². The molecule has 1 spiro atoms. The van der Waals surface area contributed by atoms with Gasteiger partial charge in [-0.1, -0.05) is 19.3 Å². The van der Waals surface area contributed by atoms with E-state index in [9.17, 15) is 0 Å². The highest BCUT2D eigenvalue weighted by Crippen LogP contribution is 2.43. The maximum absolute atomic E-state index is 6.57. The van der Waals surface area contributed by atoms with Crippen molar-refractivity contribution in [3.05, 3.63) is 0 Å². The first-order chi connectivity index (χ1) is 10.2. The second kappa shape index (κ2) is 5.50. The van der Waals surface area contributed by atoms with Gasteiger partial charge in [-0.15, -0.1) is 0 Å². The van der Waals surface area contributed by atoms with Crippen LogP contribution in [0, 0.1) is 5.92 Å². The minimum Gasteiger partial charge on any atom is -0.370 e. The van der Waals surface area contributed by atoms with Gasteiger partial charge < -0.3 is 10.1 Å². The van der Waals surface area contributed by atoms with Crippen LogP contribution >= 0.6 is 0 Å².